The molecule has 0 saturated carbocycles. The largest absolute Gasteiger partial charge is 0.488 e. The lowest BCUT2D eigenvalue weighted by Gasteiger charge is -2.26. The number of imide groups is 2. The van der Waals surface area contributed by atoms with E-state index in [-0.39, 0.29) is 39.3 Å². The van der Waals surface area contributed by atoms with Crippen molar-refractivity contribution >= 4 is 70.1 Å². The zero-order valence-corrected chi connectivity index (χ0v) is 20.3. The fourth-order valence-electron chi connectivity index (χ4n) is 3.31. The van der Waals surface area contributed by atoms with E-state index in [1.165, 1.54) is 42.5 Å². The number of halogens is 3. The van der Waals surface area contributed by atoms with Crippen molar-refractivity contribution in [2.45, 2.75) is 6.61 Å². The molecular weight excluding hydrogens is 533 g/mol. The van der Waals surface area contributed by atoms with E-state index in [1.54, 1.807) is 24.3 Å². The van der Waals surface area contributed by atoms with Crippen molar-refractivity contribution < 1.29 is 24.0 Å². The highest BCUT2D eigenvalue weighted by Crippen LogP contribution is 2.31. The summed E-state index contributed by atoms with van der Waals surface area (Å²) in [6.07, 6.45) is 1.26. The zero-order valence-electron chi connectivity index (χ0n) is 18.0. The van der Waals surface area contributed by atoms with Gasteiger partial charge in [0.05, 0.1) is 20.7 Å². The number of carbonyl (C=O) groups excluding carboxylic acids is 3. The Bertz CT molecular complexity index is 1440. The van der Waals surface area contributed by atoms with Crippen LogP contribution in [0.5, 0.6) is 5.75 Å². The van der Waals surface area contributed by atoms with Crippen LogP contribution in [0.4, 0.5) is 16.2 Å². The molecule has 12 heteroatoms. The molecule has 4 rings (SSSR count). The molecule has 1 fully saturated rings. The van der Waals surface area contributed by atoms with Crippen molar-refractivity contribution in [3.63, 3.8) is 0 Å². The summed E-state index contributed by atoms with van der Waals surface area (Å²) < 4.78 is 5.82. The molecule has 1 saturated heterocycles. The molecule has 0 unspecified atom stereocenters. The number of barbiturate groups is 1. The summed E-state index contributed by atoms with van der Waals surface area (Å²) in [7, 11) is 0. The second kappa shape index (κ2) is 10.4. The van der Waals surface area contributed by atoms with E-state index in [0.717, 1.165) is 4.90 Å². The Balaban J connectivity index is 1.64. The first-order chi connectivity index (χ1) is 17.1. The maximum atomic E-state index is 13.2. The summed E-state index contributed by atoms with van der Waals surface area (Å²) in [6.45, 7) is 0.0455. The summed E-state index contributed by atoms with van der Waals surface area (Å²) >= 11 is 18.1. The standard InChI is InChI=1S/C24H14Cl3N3O6/c25-15-3-8-21(36-12-13-1-4-16(5-2-13)30(34)35)14(9-15)10-18-22(31)28-24(33)29(23(18)32)17-6-7-19(26)20(27)11-17/h1-11H,12H2,(H,28,31,33)/b18-10+. The molecule has 1 aliphatic heterocycles. The van der Waals surface area contributed by atoms with Crippen LogP contribution in [0.1, 0.15) is 11.1 Å². The van der Waals surface area contributed by atoms with Gasteiger partial charge >= 0.3 is 6.03 Å². The van der Waals surface area contributed by atoms with E-state index in [0.29, 0.717) is 16.1 Å². The number of nitrogens with zero attached hydrogens (tertiary/aromatic N) is 2. The van der Waals surface area contributed by atoms with Gasteiger partial charge in [-0.15, -0.1) is 0 Å². The predicted molar refractivity (Wildman–Crippen MR) is 134 cm³/mol. The molecule has 0 aromatic heterocycles. The summed E-state index contributed by atoms with van der Waals surface area (Å²) in [4.78, 5) is 49.3. The number of hydrogen-bond acceptors (Lipinski definition) is 6. The van der Waals surface area contributed by atoms with Crippen molar-refractivity contribution in [1.29, 1.82) is 0 Å². The highest BCUT2D eigenvalue weighted by Gasteiger charge is 2.37. The normalized spacial score (nSPS) is 14.7. The minimum atomic E-state index is -0.943. The number of nitro groups is 1. The third-order valence-electron chi connectivity index (χ3n) is 5.08. The van der Waals surface area contributed by atoms with Crippen LogP contribution in [-0.4, -0.2) is 22.8 Å². The summed E-state index contributed by atoms with van der Waals surface area (Å²) in [5.74, 6) is -1.50. The number of nitrogens with one attached hydrogen (secondary N) is 1. The van der Waals surface area contributed by atoms with Crippen LogP contribution in [-0.2, 0) is 16.2 Å². The molecule has 0 bridgehead atoms. The molecule has 3 aromatic rings. The number of ether oxygens (including phenoxy) is 1. The lowest BCUT2D eigenvalue weighted by atomic mass is 10.1. The molecule has 36 heavy (non-hydrogen) atoms. The molecule has 0 spiro atoms. The summed E-state index contributed by atoms with van der Waals surface area (Å²) in [5, 5.41) is 13.6. The zero-order chi connectivity index (χ0) is 26.0. The first-order valence-corrected chi connectivity index (χ1v) is 11.3. The Morgan fingerprint density at radius 2 is 1.67 bits per heavy atom. The number of anilines is 1. The van der Waals surface area contributed by atoms with Crippen LogP contribution in [0.2, 0.25) is 15.1 Å². The van der Waals surface area contributed by atoms with E-state index < -0.39 is 22.8 Å². The monoisotopic (exact) mass is 545 g/mol. The van der Waals surface area contributed by atoms with Gasteiger partial charge in [-0.2, -0.15) is 0 Å². The summed E-state index contributed by atoms with van der Waals surface area (Å²) in [6, 6.07) is 13.6. The van der Waals surface area contributed by atoms with E-state index in [4.69, 9.17) is 39.5 Å². The van der Waals surface area contributed by atoms with Crippen molar-refractivity contribution in [1.82, 2.24) is 5.32 Å². The van der Waals surface area contributed by atoms with Crippen LogP contribution in [0.3, 0.4) is 0 Å². The van der Waals surface area contributed by atoms with Crippen LogP contribution in [0.25, 0.3) is 6.08 Å². The van der Waals surface area contributed by atoms with Crippen molar-refractivity contribution in [2.75, 3.05) is 4.90 Å². The van der Waals surface area contributed by atoms with Gasteiger partial charge in [0.1, 0.15) is 17.9 Å². The Hall–Kier alpha value is -3.92. The predicted octanol–water partition coefficient (Wildman–Crippen LogP) is 5.80. The molecule has 4 amide bonds. The SMILES string of the molecule is O=C1NC(=O)N(c2ccc(Cl)c(Cl)c2)C(=O)/C1=C/c1cc(Cl)ccc1OCc1ccc([N+](=O)[O-])cc1. The van der Waals surface area contributed by atoms with Crippen molar-refractivity contribution in [2.24, 2.45) is 0 Å². The van der Waals surface area contributed by atoms with Gasteiger partial charge in [-0.3, -0.25) is 25.0 Å². The Labute approximate surface area is 219 Å². The topological polar surface area (TPSA) is 119 Å². The molecular formula is C24H14Cl3N3O6. The molecule has 182 valence electrons. The number of non-ortho nitro benzene ring substituents is 1. The number of urea groups is 1. The van der Waals surface area contributed by atoms with Gasteiger partial charge in [0, 0.05) is 22.7 Å². The second-order valence-electron chi connectivity index (χ2n) is 7.45. The van der Waals surface area contributed by atoms with Gasteiger partial charge in [0.25, 0.3) is 17.5 Å². The number of rotatable bonds is 6. The highest BCUT2D eigenvalue weighted by molar-refractivity contribution is 6.43. The van der Waals surface area contributed by atoms with Crippen molar-refractivity contribution in [3.05, 3.63) is 103 Å². The van der Waals surface area contributed by atoms with Crippen LogP contribution in [0, 0.1) is 10.1 Å². The number of nitro benzene ring substituents is 1. The quantitative estimate of drug-likeness (QED) is 0.181. The third-order valence-corrected chi connectivity index (χ3v) is 6.05. The minimum absolute atomic E-state index is 0.0455. The van der Waals surface area contributed by atoms with E-state index in [9.17, 15) is 24.5 Å². The number of hydrogen-bond donors (Lipinski definition) is 1. The first-order valence-electron chi connectivity index (χ1n) is 10.2. The second-order valence-corrected chi connectivity index (χ2v) is 8.70. The molecule has 1 N–H and O–H groups in total. The van der Waals surface area contributed by atoms with Crippen molar-refractivity contribution in [3.8, 4) is 5.75 Å². The fourth-order valence-corrected chi connectivity index (χ4v) is 3.78. The molecule has 1 heterocycles. The average Bonchev–Trinajstić information content (AvgIpc) is 2.83. The molecule has 1 aliphatic rings. The van der Waals surface area contributed by atoms with Gasteiger partial charge in [-0.1, -0.05) is 34.8 Å². The first kappa shape index (κ1) is 25.2. The molecule has 0 radical (unpaired) electrons. The molecule has 0 aliphatic carbocycles. The Kier molecular flexibility index (Phi) is 7.25. The van der Waals surface area contributed by atoms with Gasteiger partial charge < -0.3 is 4.74 Å². The molecule has 3 aromatic carbocycles. The smallest absolute Gasteiger partial charge is 0.335 e. The maximum absolute atomic E-state index is 13.2. The molecule has 9 nitrogen and oxygen atoms in total. The van der Waals surface area contributed by atoms with Gasteiger partial charge in [-0.05, 0) is 60.2 Å². The third kappa shape index (κ3) is 5.33. The number of benzene rings is 3. The van der Waals surface area contributed by atoms with E-state index in [1.807, 2.05) is 0 Å². The van der Waals surface area contributed by atoms with Crippen LogP contribution < -0.4 is 15.0 Å². The number of carbonyl (C=O) groups is 3. The van der Waals surface area contributed by atoms with Crippen LogP contribution in [0.15, 0.2) is 66.2 Å². The lowest BCUT2D eigenvalue weighted by Crippen LogP contribution is -2.54. The number of amides is 4. The van der Waals surface area contributed by atoms with Gasteiger partial charge in [0.15, 0.2) is 0 Å². The lowest BCUT2D eigenvalue weighted by molar-refractivity contribution is -0.384. The minimum Gasteiger partial charge on any atom is -0.488 e. The Morgan fingerprint density at radius 1 is 0.944 bits per heavy atom. The van der Waals surface area contributed by atoms with E-state index >= 15 is 0 Å². The van der Waals surface area contributed by atoms with Crippen LogP contribution >= 0.6 is 34.8 Å². The Morgan fingerprint density at radius 3 is 2.33 bits per heavy atom. The highest BCUT2D eigenvalue weighted by atomic mass is 35.5. The fraction of sp³-hybridized carbons (Fsp3) is 0.0417. The average molecular weight is 547 g/mol. The maximum Gasteiger partial charge on any atom is 0.335 e. The summed E-state index contributed by atoms with van der Waals surface area (Å²) in [5.41, 5.74) is 0.663. The van der Waals surface area contributed by atoms with Gasteiger partial charge in [0.2, 0.25) is 0 Å². The van der Waals surface area contributed by atoms with Gasteiger partial charge in [-0.25, -0.2) is 9.69 Å². The molecule has 0 atom stereocenters. The van der Waals surface area contributed by atoms with E-state index in [2.05, 4.69) is 5.32 Å².